The van der Waals surface area contributed by atoms with Gasteiger partial charge in [0, 0.05) is 5.57 Å². The summed E-state index contributed by atoms with van der Waals surface area (Å²) < 4.78 is 5.55. The van der Waals surface area contributed by atoms with Gasteiger partial charge in [-0.15, -0.1) is 0 Å². The lowest BCUT2D eigenvalue weighted by atomic mass is 10.2. The summed E-state index contributed by atoms with van der Waals surface area (Å²) in [7, 11) is -2.07. The number of carbonyl (C=O) groups is 2. The molecule has 0 amide bonds. The number of carbonyl (C=O) groups excluding carboxylic acids is 1. The first-order chi connectivity index (χ1) is 9.80. The summed E-state index contributed by atoms with van der Waals surface area (Å²) in [5.74, 6) is -1.36. The zero-order valence-electron chi connectivity index (χ0n) is 12.8. The van der Waals surface area contributed by atoms with E-state index in [9.17, 15) is 9.59 Å². The fraction of sp³-hybridized carbons (Fsp3) is 0.375. The Hall–Kier alpha value is -1.88. The third-order valence-corrected chi connectivity index (χ3v) is 5.40. The van der Waals surface area contributed by atoms with Crippen molar-refractivity contribution < 1.29 is 19.1 Å². The topological polar surface area (TPSA) is 63.6 Å². The lowest BCUT2D eigenvalue weighted by Gasteiger charge is -2.22. The van der Waals surface area contributed by atoms with Crippen molar-refractivity contribution in [3.8, 4) is 0 Å². The van der Waals surface area contributed by atoms with Crippen molar-refractivity contribution in [1.29, 1.82) is 0 Å². The van der Waals surface area contributed by atoms with E-state index in [0.717, 1.165) is 12.5 Å². The van der Waals surface area contributed by atoms with Gasteiger partial charge in [0.2, 0.25) is 8.32 Å². The van der Waals surface area contributed by atoms with Gasteiger partial charge in [-0.1, -0.05) is 36.4 Å². The van der Waals surface area contributed by atoms with Crippen molar-refractivity contribution in [2.24, 2.45) is 0 Å². The molecule has 1 aromatic carbocycles. The molecule has 0 fully saturated rings. The number of rotatable bonds is 7. The Bertz CT molecular complexity index is 520. The number of carboxylic acid groups (broad SMARTS) is 1. The van der Waals surface area contributed by atoms with Crippen LogP contribution >= 0.6 is 0 Å². The standard InChI is InChI=1S/C16H22O4Si/c1-13(16(18)19)9-10-15(17)20-21(2,3)12-11-14-7-5-4-6-8-14/h4-9H,10-12H2,1-3H3,(H,18,19). The molecule has 21 heavy (non-hydrogen) atoms. The van der Waals surface area contributed by atoms with Gasteiger partial charge in [0.25, 0.3) is 5.97 Å². The summed E-state index contributed by atoms with van der Waals surface area (Å²) in [4.78, 5) is 22.4. The van der Waals surface area contributed by atoms with E-state index >= 15 is 0 Å². The molecule has 0 aliphatic carbocycles. The Morgan fingerprint density at radius 3 is 2.43 bits per heavy atom. The molecule has 0 saturated heterocycles. The number of benzene rings is 1. The second kappa shape index (κ2) is 7.78. The summed E-state index contributed by atoms with van der Waals surface area (Å²) in [6.45, 7) is 5.47. The minimum Gasteiger partial charge on any atom is -0.519 e. The van der Waals surface area contributed by atoms with Crippen LogP contribution in [0.4, 0.5) is 0 Å². The van der Waals surface area contributed by atoms with Crippen LogP contribution in [0.15, 0.2) is 42.0 Å². The highest BCUT2D eigenvalue weighted by molar-refractivity contribution is 6.72. The second-order valence-electron chi connectivity index (χ2n) is 5.62. The third kappa shape index (κ3) is 6.90. The quantitative estimate of drug-likeness (QED) is 0.619. The van der Waals surface area contributed by atoms with Crippen LogP contribution in [-0.2, 0) is 20.4 Å². The third-order valence-electron chi connectivity index (χ3n) is 3.16. The van der Waals surface area contributed by atoms with Gasteiger partial charge in [0.15, 0.2) is 0 Å². The van der Waals surface area contributed by atoms with Gasteiger partial charge in [-0.25, -0.2) is 4.79 Å². The van der Waals surface area contributed by atoms with Gasteiger partial charge >= 0.3 is 5.97 Å². The van der Waals surface area contributed by atoms with Gasteiger partial charge in [0.05, 0.1) is 6.42 Å². The molecule has 0 bridgehead atoms. The van der Waals surface area contributed by atoms with Crippen molar-refractivity contribution in [2.45, 2.75) is 38.9 Å². The van der Waals surface area contributed by atoms with E-state index in [0.29, 0.717) is 0 Å². The normalized spacial score (nSPS) is 12.0. The van der Waals surface area contributed by atoms with Crippen LogP contribution < -0.4 is 0 Å². The van der Waals surface area contributed by atoms with Gasteiger partial charge in [0.1, 0.15) is 0 Å². The van der Waals surface area contributed by atoms with Gasteiger partial charge < -0.3 is 9.53 Å². The lowest BCUT2D eigenvalue weighted by Crippen LogP contribution is -2.33. The molecule has 0 spiro atoms. The maximum atomic E-state index is 11.8. The largest absolute Gasteiger partial charge is 0.519 e. The molecular weight excluding hydrogens is 284 g/mol. The van der Waals surface area contributed by atoms with E-state index in [1.54, 1.807) is 0 Å². The molecule has 0 aliphatic heterocycles. The minimum absolute atomic E-state index is 0.0138. The summed E-state index contributed by atoms with van der Waals surface area (Å²) in [6, 6.07) is 10.9. The predicted octanol–water partition coefficient (Wildman–Crippen LogP) is 3.40. The van der Waals surface area contributed by atoms with Crippen LogP contribution in [0.1, 0.15) is 18.9 Å². The molecule has 1 rings (SSSR count). The molecule has 0 atom stereocenters. The van der Waals surface area contributed by atoms with Crippen molar-refractivity contribution in [3.63, 3.8) is 0 Å². The smallest absolute Gasteiger partial charge is 0.330 e. The van der Waals surface area contributed by atoms with E-state index < -0.39 is 14.3 Å². The highest BCUT2D eigenvalue weighted by Gasteiger charge is 2.26. The molecule has 0 aromatic heterocycles. The number of carboxylic acids is 1. The van der Waals surface area contributed by atoms with Crippen molar-refractivity contribution in [3.05, 3.63) is 47.5 Å². The van der Waals surface area contributed by atoms with Crippen molar-refractivity contribution >= 4 is 20.3 Å². The van der Waals surface area contributed by atoms with E-state index in [2.05, 4.69) is 12.1 Å². The second-order valence-corrected chi connectivity index (χ2v) is 9.84. The molecule has 114 valence electrons. The van der Waals surface area contributed by atoms with E-state index in [4.69, 9.17) is 9.53 Å². The van der Waals surface area contributed by atoms with E-state index in [1.165, 1.54) is 18.6 Å². The van der Waals surface area contributed by atoms with Crippen LogP contribution in [0.25, 0.3) is 0 Å². The molecule has 1 N–H and O–H groups in total. The summed E-state index contributed by atoms with van der Waals surface area (Å²) in [5, 5.41) is 8.73. The SMILES string of the molecule is CC(=CCC(=O)O[Si](C)(C)CCc1ccccc1)C(=O)O. The first-order valence-corrected chi connectivity index (χ1v) is 10.1. The highest BCUT2D eigenvalue weighted by Crippen LogP contribution is 2.16. The summed E-state index contributed by atoms with van der Waals surface area (Å²) >= 11 is 0. The van der Waals surface area contributed by atoms with Gasteiger partial charge in [-0.05, 0) is 38.0 Å². The Balaban J connectivity index is 2.46. The molecule has 0 aliphatic rings. The first kappa shape index (κ1) is 17.2. The number of hydrogen-bond acceptors (Lipinski definition) is 3. The molecule has 0 saturated carbocycles. The lowest BCUT2D eigenvalue weighted by molar-refractivity contribution is -0.134. The Morgan fingerprint density at radius 2 is 1.86 bits per heavy atom. The Labute approximate surface area is 126 Å². The summed E-state index contributed by atoms with van der Waals surface area (Å²) in [6.07, 6.45) is 2.30. The molecule has 0 unspecified atom stereocenters. The molecular formula is C16H22O4Si. The van der Waals surface area contributed by atoms with Crippen LogP contribution in [0.2, 0.25) is 19.1 Å². The average Bonchev–Trinajstić information content (AvgIpc) is 2.43. The van der Waals surface area contributed by atoms with Crippen molar-refractivity contribution in [2.75, 3.05) is 0 Å². The van der Waals surface area contributed by atoms with Crippen LogP contribution in [0, 0.1) is 0 Å². The van der Waals surface area contributed by atoms with E-state index in [-0.39, 0.29) is 18.0 Å². The van der Waals surface area contributed by atoms with Crippen LogP contribution in [0.5, 0.6) is 0 Å². The molecule has 0 heterocycles. The fourth-order valence-electron chi connectivity index (χ4n) is 1.81. The van der Waals surface area contributed by atoms with Gasteiger partial charge in [-0.2, -0.15) is 0 Å². The minimum atomic E-state index is -2.07. The maximum Gasteiger partial charge on any atom is 0.330 e. The molecule has 1 aromatic rings. The summed E-state index contributed by atoms with van der Waals surface area (Å²) in [5.41, 5.74) is 1.39. The highest BCUT2D eigenvalue weighted by atomic mass is 28.4. The molecule has 4 nitrogen and oxygen atoms in total. The van der Waals surface area contributed by atoms with Crippen LogP contribution in [-0.4, -0.2) is 25.4 Å². The monoisotopic (exact) mass is 306 g/mol. The van der Waals surface area contributed by atoms with Crippen LogP contribution in [0.3, 0.4) is 0 Å². The first-order valence-electron chi connectivity index (χ1n) is 6.96. The zero-order chi connectivity index (χ0) is 15.9. The molecule has 5 heteroatoms. The Kier molecular flexibility index (Phi) is 6.36. The predicted molar refractivity (Wildman–Crippen MR) is 84.5 cm³/mol. The molecule has 0 radical (unpaired) electrons. The van der Waals surface area contributed by atoms with Gasteiger partial charge in [-0.3, -0.25) is 4.79 Å². The fourth-order valence-corrected chi connectivity index (χ4v) is 3.51. The average molecular weight is 306 g/mol. The maximum absolute atomic E-state index is 11.8. The number of aliphatic carboxylic acids is 1. The van der Waals surface area contributed by atoms with Crippen molar-refractivity contribution in [1.82, 2.24) is 0 Å². The zero-order valence-corrected chi connectivity index (χ0v) is 13.8. The Morgan fingerprint density at radius 1 is 1.24 bits per heavy atom. The number of aryl methyl sites for hydroxylation is 1. The van der Waals surface area contributed by atoms with E-state index in [1.807, 2.05) is 31.3 Å². The number of hydrogen-bond donors (Lipinski definition) is 1.